The lowest BCUT2D eigenvalue weighted by Gasteiger charge is -2.22. The predicted molar refractivity (Wildman–Crippen MR) is 64.3 cm³/mol. The number of carbonyl (C=O) groups is 2. The van der Waals surface area contributed by atoms with Gasteiger partial charge < -0.3 is 9.47 Å². The highest BCUT2D eigenvalue weighted by Crippen LogP contribution is 2.16. The summed E-state index contributed by atoms with van der Waals surface area (Å²) in [6, 6.07) is 0. The summed E-state index contributed by atoms with van der Waals surface area (Å²) >= 11 is 0. The van der Waals surface area contributed by atoms with Crippen molar-refractivity contribution >= 4 is 12.1 Å². The molecule has 96 valence electrons. The van der Waals surface area contributed by atoms with Crippen LogP contribution in [-0.4, -0.2) is 37.7 Å². The van der Waals surface area contributed by atoms with Crippen LogP contribution in [0.25, 0.3) is 0 Å². The lowest BCUT2D eigenvalue weighted by Crippen LogP contribution is -2.31. The minimum absolute atomic E-state index is 0.390. The first-order chi connectivity index (χ1) is 8.10. The Morgan fingerprint density at radius 1 is 1.41 bits per heavy atom. The average Bonchev–Trinajstić information content (AvgIpc) is 2.38. The molecule has 0 aliphatic carbocycles. The molecule has 0 spiro atoms. The van der Waals surface area contributed by atoms with Gasteiger partial charge in [0, 0.05) is 12.7 Å². The molecule has 0 aromatic carbocycles. The van der Waals surface area contributed by atoms with Crippen molar-refractivity contribution in [1.29, 1.82) is 0 Å². The van der Waals surface area contributed by atoms with Crippen LogP contribution in [0, 0.1) is 0 Å². The Morgan fingerprint density at radius 2 is 2.00 bits per heavy atom. The Kier molecular flexibility index (Phi) is 7.50. The quantitative estimate of drug-likeness (QED) is 0.521. The van der Waals surface area contributed by atoms with E-state index in [2.05, 4.69) is 16.1 Å². The van der Waals surface area contributed by atoms with E-state index in [1.54, 1.807) is 6.08 Å². The maximum Gasteiger partial charge on any atom is 0.413 e. The normalized spacial score (nSPS) is 13.8. The molecule has 5 nitrogen and oxygen atoms in total. The number of allylic oxidation sites excluding steroid dienone is 1. The molecule has 1 rings (SSSR count). The van der Waals surface area contributed by atoms with Gasteiger partial charge in [-0.05, 0) is 19.8 Å². The Balaban J connectivity index is 0.000000770. The van der Waals surface area contributed by atoms with Crippen molar-refractivity contribution in [3.05, 3.63) is 24.4 Å². The molecule has 0 aromatic heterocycles. The van der Waals surface area contributed by atoms with Gasteiger partial charge in [-0.25, -0.2) is 9.59 Å². The number of amides is 1. The van der Waals surface area contributed by atoms with Gasteiger partial charge in [0.2, 0.25) is 0 Å². The summed E-state index contributed by atoms with van der Waals surface area (Å²) in [6.07, 6.45) is 4.17. The van der Waals surface area contributed by atoms with E-state index in [1.807, 2.05) is 6.92 Å². The van der Waals surface area contributed by atoms with E-state index >= 15 is 0 Å². The van der Waals surface area contributed by atoms with Crippen LogP contribution >= 0.6 is 0 Å². The smallest absolute Gasteiger partial charge is 0.413 e. The molecule has 17 heavy (non-hydrogen) atoms. The van der Waals surface area contributed by atoms with Crippen molar-refractivity contribution in [2.45, 2.75) is 19.8 Å². The molecule has 0 bridgehead atoms. The molecule has 0 atom stereocenters. The standard InChI is InChI=1S/C9H13NO4.C3H6/c1-13-8(11)7-4-3-5-10(6-7)9(12)14-2;1-3-2/h6H,3-5H2,1-2H3;3H,1H2,2H3. The van der Waals surface area contributed by atoms with Crippen molar-refractivity contribution in [2.75, 3.05) is 20.8 Å². The molecule has 0 radical (unpaired) electrons. The Bertz CT molecular complexity index is 310. The third-order valence-corrected chi connectivity index (χ3v) is 2.01. The Hall–Kier alpha value is -1.78. The van der Waals surface area contributed by atoms with Crippen molar-refractivity contribution in [3.63, 3.8) is 0 Å². The monoisotopic (exact) mass is 241 g/mol. The topological polar surface area (TPSA) is 55.8 Å². The summed E-state index contributed by atoms with van der Waals surface area (Å²) in [5, 5.41) is 0. The maximum absolute atomic E-state index is 11.2. The van der Waals surface area contributed by atoms with E-state index in [-0.39, 0.29) is 0 Å². The van der Waals surface area contributed by atoms with Crippen LogP contribution < -0.4 is 0 Å². The number of esters is 1. The molecule has 1 aliphatic rings. The molecule has 0 fully saturated rings. The molecule has 1 heterocycles. The molecule has 0 aromatic rings. The van der Waals surface area contributed by atoms with Crippen LogP contribution in [0.4, 0.5) is 4.79 Å². The van der Waals surface area contributed by atoms with E-state index in [4.69, 9.17) is 0 Å². The summed E-state index contributed by atoms with van der Waals surface area (Å²) in [6.45, 7) is 5.83. The highest BCUT2D eigenvalue weighted by molar-refractivity contribution is 5.89. The van der Waals surface area contributed by atoms with Gasteiger partial charge in [0.15, 0.2) is 0 Å². The van der Waals surface area contributed by atoms with Gasteiger partial charge in [0.05, 0.1) is 19.8 Å². The molecule has 1 aliphatic heterocycles. The second-order valence-electron chi connectivity index (χ2n) is 3.32. The van der Waals surface area contributed by atoms with Crippen LogP contribution in [0.3, 0.4) is 0 Å². The fourth-order valence-electron chi connectivity index (χ4n) is 1.30. The van der Waals surface area contributed by atoms with E-state index in [1.165, 1.54) is 25.3 Å². The molecule has 0 saturated carbocycles. The second-order valence-corrected chi connectivity index (χ2v) is 3.32. The fraction of sp³-hybridized carbons (Fsp3) is 0.500. The number of hydrogen-bond donors (Lipinski definition) is 0. The SMILES string of the molecule is C=CC.COC(=O)C1=CN(C(=O)OC)CCC1. The minimum atomic E-state index is -0.453. The van der Waals surface area contributed by atoms with Gasteiger partial charge in [-0.1, -0.05) is 6.08 Å². The highest BCUT2D eigenvalue weighted by Gasteiger charge is 2.20. The lowest BCUT2D eigenvalue weighted by atomic mass is 10.1. The molecule has 0 N–H and O–H groups in total. The second kappa shape index (κ2) is 8.38. The Morgan fingerprint density at radius 3 is 2.47 bits per heavy atom. The zero-order chi connectivity index (χ0) is 13.3. The number of nitrogens with zero attached hydrogens (tertiary/aromatic N) is 1. The molecule has 1 amide bonds. The molecule has 5 heteroatoms. The lowest BCUT2D eigenvalue weighted by molar-refractivity contribution is -0.136. The van der Waals surface area contributed by atoms with E-state index in [0.717, 1.165) is 6.42 Å². The van der Waals surface area contributed by atoms with Crippen molar-refractivity contribution < 1.29 is 19.1 Å². The van der Waals surface area contributed by atoms with Crippen LogP contribution in [0.2, 0.25) is 0 Å². The number of carbonyl (C=O) groups excluding carboxylic acids is 2. The third kappa shape index (κ3) is 5.19. The summed E-state index contributed by atoms with van der Waals surface area (Å²) in [4.78, 5) is 23.7. The first kappa shape index (κ1) is 15.2. The summed E-state index contributed by atoms with van der Waals surface area (Å²) in [7, 11) is 2.63. The number of ether oxygens (including phenoxy) is 2. The van der Waals surface area contributed by atoms with Crippen molar-refractivity contribution in [3.8, 4) is 0 Å². The maximum atomic E-state index is 11.2. The summed E-state index contributed by atoms with van der Waals surface area (Å²) < 4.78 is 9.11. The zero-order valence-corrected chi connectivity index (χ0v) is 10.6. The average molecular weight is 241 g/mol. The van der Waals surface area contributed by atoms with Crippen LogP contribution in [-0.2, 0) is 14.3 Å². The van der Waals surface area contributed by atoms with Gasteiger partial charge in [-0.2, -0.15) is 0 Å². The first-order valence-electron chi connectivity index (χ1n) is 5.31. The predicted octanol–water partition coefficient (Wildman–Crippen LogP) is 2.10. The van der Waals surface area contributed by atoms with Crippen LogP contribution in [0.15, 0.2) is 24.4 Å². The van der Waals surface area contributed by atoms with Crippen molar-refractivity contribution in [1.82, 2.24) is 4.90 Å². The van der Waals surface area contributed by atoms with Gasteiger partial charge >= 0.3 is 12.1 Å². The molecular formula is C12H19NO4. The minimum Gasteiger partial charge on any atom is -0.466 e. The van der Waals surface area contributed by atoms with Crippen LogP contribution in [0.1, 0.15) is 19.8 Å². The summed E-state index contributed by atoms with van der Waals surface area (Å²) in [5.74, 6) is -0.390. The van der Waals surface area contributed by atoms with E-state index in [0.29, 0.717) is 18.5 Å². The zero-order valence-electron chi connectivity index (χ0n) is 10.6. The Labute approximate surface area is 102 Å². The number of methoxy groups -OCH3 is 2. The molecule has 0 saturated heterocycles. The fourth-order valence-corrected chi connectivity index (χ4v) is 1.30. The highest BCUT2D eigenvalue weighted by atomic mass is 16.5. The largest absolute Gasteiger partial charge is 0.466 e. The van der Waals surface area contributed by atoms with Gasteiger partial charge in [-0.3, -0.25) is 4.90 Å². The number of rotatable bonds is 1. The van der Waals surface area contributed by atoms with Gasteiger partial charge in [-0.15, -0.1) is 6.58 Å². The third-order valence-electron chi connectivity index (χ3n) is 2.01. The van der Waals surface area contributed by atoms with Gasteiger partial charge in [0.25, 0.3) is 0 Å². The van der Waals surface area contributed by atoms with Gasteiger partial charge in [0.1, 0.15) is 0 Å². The molecular weight excluding hydrogens is 222 g/mol. The first-order valence-corrected chi connectivity index (χ1v) is 5.31. The molecule has 0 unspecified atom stereocenters. The van der Waals surface area contributed by atoms with Crippen molar-refractivity contribution in [2.24, 2.45) is 0 Å². The van der Waals surface area contributed by atoms with E-state index in [9.17, 15) is 9.59 Å². The summed E-state index contributed by atoms with van der Waals surface area (Å²) in [5.41, 5.74) is 0.504. The number of hydrogen-bond acceptors (Lipinski definition) is 4. The van der Waals surface area contributed by atoms with E-state index < -0.39 is 12.1 Å². The van der Waals surface area contributed by atoms with Crippen LogP contribution in [0.5, 0.6) is 0 Å².